The number of halogens is 1. The van der Waals surface area contributed by atoms with Gasteiger partial charge in [0.25, 0.3) is 10.2 Å². The topological polar surface area (TPSA) is 66.0 Å². The van der Waals surface area contributed by atoms with Gasteiger partial charge in [-0.25, -0.2) is 4.98 Å². The van der Waals surface area contributed by atoms with Crippen molar-refractivity contribution in [3.63, 3.8) is 0 Å². The fourth-order valence-electron chi connectivity index (χ4n) is 3.39. The van der Waals surface area contributed by atoms with Crippen molar-refractivity contribution in [2.45, 2.75) is 0 Å². The Kier molecular flexibility index (Phi) is 5.02. The molecule has 9 heteroatoms. The molecule has 2 aliphatic heterocycles. The van der Waals surface area contributed by atoms with Crippen LogP contribution in [0.3, 0.4) is 0 Å². The van der Waals surface area contributed by atoms with Crippen LogP contribution in [0, 0.1) is 0 Å². The molecule has 0 atom stereocenters. The number of fused-ring (bicyclic) bond motifs is 1. The first kappa shape index (κ1) is 17.9. The third-order valence-corrected chi connectivity index (χ3v) is 7.19. The van der Waals surface area contributed by atoms with Crippen molar-refractivity contribution in [2.75, 3.05) is 57.4 Å². The first-order chi connectivity index (χ1) is 12.6. The monoisotopic (exact) mass is 396 g/mol. The molecule has 2 aliphatic rings. The lowest BCUT2D eigenvalue weighted by molar-refractivity contribution is 0.0700. The molecular formula is C17H21ClN4O3S. The second-order valence-electron chi connectivity index (χ2n) is 6.40. The molecule has 2 saturated heterocycles. The number of hydrogen-bond acceptors (Lipinski definition) is 5. The normalized spacial score (nSPS) is 20.6. The molecule has 1 aromatic carbocycles. The molecule has 0 saturated carbocycles. The SMILES string of the molecule is O=S(=O)(N1CCOCC1)N1CCN(c2cc3ccccc3c(Cl)n2)CC1. The first-order valence-electron chi connectivity index (χ1n) is 8.69. The van der Waals surface area contributed by atoms with Crippen molar-refractivity contribution in [2.24, 2.45) is 0 Å². The van der Waals surface area contributed by atoms with E-state index >= 15 is 0 Å². The number of anilines is 1. The molecule has 0 spiro atoms. The zero-order chi connectivity index (χ0) is 18.1. The minimum atomic E-state index is -3.42. The number of ether oxygens (including phenoxy) is 1. The molecule has 140 valence electrons. The van der Waals surface area contributed by atoms with E-state index < -0.39 is 10.2 Å². The first-order valence-corrected chi connectivity index (χ1v) is 10.5. The Morgan fingerprint density at radius 3 is 2.35 bits per heavy atom. The highest BCUT2D eigenvalue weighted by Crippen LogP contribution is 2.27. The maximum atomic E-state index is 12.8. The largest absolute Gasteiger partial charge is 0.379 e. The van der Waals surface area contributed by atoms with Crippen LogP contribution in [0.15, 0.2) is 30.3 Å². The van der Waals surface area contributed by atoms with Crippen LogP contribution in [-0.2, 0) is 14.9 Å². The van der Waals surface area contributed by atoms with E-state index in [1.54, 1.807) is 4.31 Å². The summed E-state index contributed by atoms with van der Waals surface area (Å²) in [6.45, 7) is 3.81. The Morgan fingerprint density at radius 2 is 1.62 bits per heavy atom. The summed E-state index contributed by atoms with van der Waals surface area (Å²) < 4.78 is 33.8. The summed E-state index contributed by atoms with van der Waals surface area (Å²) in [5.41, 5.74) is 0. The van der Waals surface area contributed by atoms with E-state index in [0.717, 1.165) is 16.6 Å². The summed E-state index contributed by atoms with van der Waals surface area (Å²) in [7, 11) is -3.42. The van der Waals surface area contributed by atoms with Crippen molar-refractivity contribution >= 4 is 38.4 Å². The van der Waals surface area contributed by atoms with E-state index in [1.165, 1.54) is 4.31 Å². The van der Waals surface area contributed by atoms with Gasteiger partial charge in [0, 0.05) is 44.7 Å². The molecule has 0 radical (unpaired) electrons. The zero-order valence-corrected chi connectivity index (χ0v) is 15.9. The number of nitrogens with zero attached hydrogens (tertiary/aromatic N) is 4. The predicted octanol–water partition coefficient (Wildman–Crippen LogP) is 1.59. The van der Waals surface area contributed by atoms with E-state index in [4.69, 9.17) is 16.3 Å². The van der Waals surface area contributed by atoms with Crippen LogP contribution in [0.4, 0.5) is 5.82 Å². The highest BCUT2D eigenvalue weighted by Gasteiger charge is 2.33. The Balaban J connectivity index is 1.48. The average molecular weight is 397 g/mol. The van der Waals surface area contributed by atoms with Gasteiger partial charge in [-0.1, -0.05) is 35.9 Å². The average Bonchev–Trinajstić information content (AvgIpc) is 2.69. The van der Waals surface area contributed by atoms with Gasteiger partial charge in [0.1, 0.15) is 11.0 Å². The summed E-state index contributed by atoms with van der Waals surface area (Å²) >= 11 is 6.32. The van der Waals surface area contributed by atoms with Gasteiger partial charge in [-0.15, -0.1) is 0 Å². The summed E-state index contributed by atoms with van der Waals surface area (Å²) in [6.07, 6.45) is 0. The van der Waals surface area contributed by atoms with Crippen LogP contribution >= 0.6 is 11.6 Å². The number of hydrogen-bond donors (Lipinski definition) is 0. The molecule has 1 aromatic heterocycles. The Hall–Kier alpha value is -1.45. The fraction of sp³-hybridized carbons (Fsp3) is 0.471. The molecule has 26 heavy (non-hydrogen) atoms. The van der Waals surface area contributed by atoms with Gasteiger partial charge in [-0.05, 0) is 11.5 Å². The van der Waals surface area contributed by atoms with Crippen molar-refractivity contribution in [1.29, 1.82) is 0 Å². The number of piperazine rings is 1. The summed E-state index contributed by atoms with van der Waals surface area (Å²) in [6, 6.07) is 9.86. The fourth-order valence-corrected chi connectivity index (χ4v) is 5.21. The number of rotatable bonds is 3. The molecule has 4 rings (SSSR count). The van der Waals surface area contributed by atoms with Crippen LogP contribution < -0.4 is 4.90 Å². The maximum Gasteiger partial charge on any atom is 0.282 e. The molecule has 0 unspecified atom stereocenters. The van der Waals surface area contributed by atoms with Gasteiger partial charge in [-0.3, -0.25) is 0 Å². The van der Waals surface area contributed by atoms with Crippen LogP contribution in [0.1, 0.15) is 0 Å². The van der Waals surface area contributed by atoms with Gasteiger partial charge < -0.3 is 9.64 Å². The third kappa shape index (κ3) is 3.39. The van der Waals surface area contributed by atoms with E-state index in [-0.39, 0.29) is 0 Å². The Bertz CT molecular complexity index is 894. The second-order valence-corrected chi connectivity index (χ2v) is 8.68. The van der Waals surface area contributed by atoms with Gasteiger partial charge in [0.15, 0.2) is 0 Å². The summed E-state index contributed by atoms with van der Waals surface area (Å²) in [5.74, 6) is 0.789. The van der Waals surface area contributed by atoms with E-state index in [9.17, 15) is 8.42 Å². The van der Waals surface area contributed by atoms with Crippen LogP contribution in [0.2, 0.25) is 5.15 Å². The van der Waals surface area contributed by atoms with Gasteiger partial charge >= 0.3 is 0 Å². The Labute approximate surface area is 158 Å². The second kappa shape index (κ2) is 7.28. The van der Waals surface area contributed by atoms with Crippen molar-refractivity contribution < 1.29 is 13.2 Å². The van der Waals surface area contributed by atoms with Crippen molar-refractivity contribution in [3.05, 3.63) is 35.5 Å². The van der Waals surface area contributed by atoms with Crippen molar-refractivity contribution in [3.8, 4) is 0 Å². The smallest absolute Gasteiger partial charge is 0.282 e. The molecule has 0 amide bonds. The molecule has 0 N–H and O–H groups in total. The summed E-state index contributed by atoms with van der Waals surface area (Å²) in [5, 5.41) is 2.43. The van der Waals surface area contributed by atoms with Crippen LogP contribution in [0.25, 0.3) is 10.8 Å². The molecular weight excluding hydrogens is 376 g/mol. The quantitative estimate of drug-likeness (QED) is 0.737. The number of benzene rings is 1. The lowest BCUT2D eigenvalue weighted by Crippen LogP contribution is -2.55. The van der Waals surface area contributed by atoms with Gasteiger partial charge in [0.05, 0.1) is 13.2 Å². The van der Waals surface area contributed by atoms with E-state index in [0.29, 0.717) is 57.6 Å². The zero-order valence-electron chi connectivity index (χ0n) is 14.3. The minimum absolute atomic E-state index is 0.421. The van der Waals surface area contributed by atoms with E-state index in [1.807, 2.05) is 30.3 Å². The number of aromatic nitrogens is 1. The molecule has 2 fully saturated rings. The molecule has 3 heterocycles. The highest BCUT2D eigenvalue weighted by atomic mass is 35.5. The van der Waals surface area contributed by atoms with E-state index in [2.05, 4.69) is 9.88 Å². The summed E-state index contributed by atoms with van der Waals surface area (Å²) in [4.78, 5) is 6.59. The lowest BCUT2D eigenvalue weighted by Gasteiger charge is -2.38. The minimum Gasteiger partial charge on any atom is -0.379 e. The number of pyridine rings is 1. The molecule has 0 bridgehead atoms. The maximum absolute atomic E-state index is 12.8. The molecule has 2 aromatic rings. The lowest BCUT2D eigenvalue weighted by atomic mass is 10.2. The standard InChI is InChI=1S/C17H21ClN4O3S/c18-17-15-4-2-1-3-14(15)13-16(19-17)20-5-7-21(8-6-20)26(23,24)22-9-11-25-12-10-22/h1-4,13H,5-12H2. The predicted molar refractivity (Wildman–Crippen MR) is 102 cm³/mol. The Morgan fingerprint density at radius 1 is 0.962 bits per heavy atom. The molecule has 7 nitrogen and oxygen atoms in total. The molecule has 0 aliphatic carbocycles. The van der Waals surface area contributed by atoms with Crippen LogP contribution in [0.5, 0.6) is 0 Å². The van der Waals surface area contributed by atoms with Crippen LogP contribution in [-0.4, -0.2) is 74.5 Å². The third-order valence-electron chi connectivity index (χ3n) is 4.87. The van der Waals surface area contributed by atoms with Gasteiger partial charge in [-0.2, -0.15) is 17.0 Å². The highest BCUT2D eigenvalue weighted by molar-refractivity contribution is 7.86. The number of morpholine rings is 1. The van der Waals surface area contributed by atoms with Gasteiger partial charge in [0.2, 0.25) is 0 Å². The van der Waals surface area contributed by atoms with Crippen molar-refractivity contribution in [1.82, 2.24) is 13.6 Å².